The summed E-state index contributed by atoms with van der Waals surface area (Å²) in [6.07, 6.45) is 1.01. The molecule has 0 saturated heterocycles. The number of ether oxygens (including phenoxy) is 2. The van der Waals surface area contributed by atoms with Crippen molar-refractivity contribution in [1.82, 2.24) is 10.6 Å². The minimum absolute atomic E-state index is 0.136. The lowest BCUT2D eigenvalue weighted by molar-refractivity contribution is -0.114. The van der Waals surface area contributed by atoms with Crippen molar-refractivity contribution in [2.24, 2.45) is 0 Å². The third kappa shape index (κ3) is 5.43. The molecule has 2 aromatic carbocycles. The summed E-state index contributed by atoms with van der Waals surface area (Å²) in [5.74, 6) is 1.49. The van der Waals surface area contributed by atoms with Gasteiger partial charge >= 0.3 is 6.03 Å². The highest BCUT2D eigenvalue weighted by molar-refractivity contribution is 5.88. The molecule has 1 heterocycles. The van der Waals surface area contributed by atoms with Crippen molar-refractivity contribution in [3.8, 4) is 11.5 Å². The van der Waals surface area contributed by atoms with E-state index in [2.05, 4.69) is 16.0 Å². The molecular weight excluding hydrogens is 382 g/mol. The number of urea groups is 1. The van der Waals surface area contributed by atoms with E-state index in [-0.39, 0.29) is 24.1 Å². The lowest BCUT2D eigenvalue weighted by Gasteiger charge is -2.17. The second-order valence-electron chi connectivity index (χ2n) is 7.49. The summed E-state index contributed by atoms with van der Waals surface area (Å²) in [7, 11) is 0. The van der Waals surface area contributed by atoms with E-state index in [1.165, 1.54) is 6.92 Å². The predicted molar refractivity (Wildman–Crippen MR) is 116 cm³/mol. The summed E-state index contributed by atoms with van der Waals surface area (Å²) >= 11 is 0. The van der Waals surface area contributed by atoms with Crippen molar-refractivity contribution in [3.63, 3.8) is 0 Å². The Morgan fingerprint density at radius 3 is 2.80 bits per heavy atom. The highest BCUT2D eigenvalue weighted by atomic mass is 16.5. The van der Waals surface area contributed by atoms with Gasteiger partial charge in [0, 0.05) is 36.7 Å². The maximum atomic E-state index is 12.5. The Kier molecular flexibility index (Phi) is 6.82. The quantitative estimate of drug-likeness (QED) is 0.644. The average Bonchev–Trinajstić information content (AvgIpc) is 3.05. The van der Waals surface area contributed by atoms with Crippen molar-refractivity contribution in [2.75, 3.05) is 11.9 Å². The van der Waals surface area contributed by atoms with Crippen LogP contribution in [0.25, 0.3) is 0 Å². The van der Waals surface area contributed by atoms with Gasteiger partial charge in [0.05, 0.1) is 12.6 Å². The molecule has 0 aromatic heterocycles. The van der Waals surface area contributed by atoms with Gasteiger partial charge in [0.15, 0.2) is 0 Å². The van der Waals surface area contributed by atoms with Crippen molar-refractivity contribution in [2.45, 2.75) is 52.8 Å². The average molecular weight is 412 g/mol. The summed E-state index contributed by atoms with van der Waals surface area (Å²) in [4.78, 5) is 23.7. The number of benzene rings is 2. The fourth-order valence-electron chi connectivity index (χ4n) is 3.51. The molecule has 3 rings (SSSR count). The summed E-state index contributed by atoms with van der Waals surface area (Å²) in [5, 5.41) is 8.56. The topological polar surface area (TPSA) is 88.7 Å². The zero-order valence-electron chi connectivity index (χ0n) is 17.9. The van der Waals surface area contributed by atoms with Gasteiger partial charge in [0.1, 0.15) is 17.6 Å². The number of carbonyl (C=O) groups excluding carboxylic acids is 2. The molecule has 0 radical (unpaired) electrons. The first-order valence-corrected chi connectivity index (χ1v) is 10.2. The van der Waals surface area contributed by atoms with Gasteiger partial charge in [-0.25, -0.2) is 4.79 Å². The number of anilines is 1. The smallest absolute Gasteiger partial charge is 0.315 e. The largest absolute Gasteiger partial charge is 0.494 e. The van der Waals surface area contributed by atoms with Crippen molar-refractivity contribution < 1.29 is 19.1 Å². The van der Waals surface area contributed by atoms with Crippen LogP contribution in [0, 0.1) is 0 Å². The van der Waals surface area contributed by atoms with Crippen LogP contribution in [0.1, 0.15) is 50.4 Å². The normalized spacial score (nSPS) is 15.5. The van der Waals surface area contributed by atoms with Gasteiger partial charge in [-0.15, -0.1) is 0 Å². The second kappa shape index (κ2) is 9.52. The minimum atomic E-state index is -0.287. The van der Waals surface area contributed by atoms with Crippen LogP contribution in [0.5, 0.6) is 11.5 Å². The predicted octanol–water partition coefficient (Wildman–Crippen LogP) is 3.93. The number of rotatable bonds is 7. The fraction of sp³-hybridized carbons (Fsp3) is 0.391. The molecule has 1 aliphatic rings. The summed E-state index contributed by atoms with van der Waals surface area (Å²) in [6, 6.07) is 10.8. The Bertz CT molecular complexity index is 929. The number of hydrogen-bond acceptors (Lipinski definition) is 4. The highest BCUT2D eigenvalue weighted by Crippen LogP contribution is 2.35. The number of amides is 3. The van der Waals surface area contributed by atoms with Gasteiger partial charge in [0.2, 0.25) is 5.91 Å². The molecule has 7 heteroatoms. The Morgan fingerprint density at radius 2 is 2.07 bits per heavy atom. The van der Waals surface area contributed by atoms with Gasteiger partial charge in [-0.1, -0.05) is 12.1 Å². The molecule has 2 atom stereocenters. The maximum absolute atomic E-state index is 12.5. The van der Waals surface area contributed by atoms with Crippen LogP contribution >= 0.6 is 0 Å². The molecule has 30 heavy (non-hydrogen) atoms. The first-order chi connectivity index (χ1) is 14.4. The second-order valence-corrected chi connectivity index (χ2v) is 7.49. The van der Waals surface area contributed by atoms with E-state index in [1.807, 2.05) is 57.2 Å². The monoisotopic (exact) mass is 411 g/mol. The molecule has 160 valence electrons. The van der Waals surface area contributed by atoms with E-state index in [0.717, 1.165) is 34.6 Å². The molecule has 0 saturated carbocycles. The van der Waals surface area contributed by atoms with E-state index >= 15 is 0 Å². The van der Waals surface area contributed by atoms with Crippen LogP contribution in [0.4, 0.5) is 10.5 Å². The molecule has 7 nitrogen and oxygen atoms in total. The molecule has 3 amide bonds. The van der Waals surface area contributed by atoms with Gasteiger partial charge in [-0.3, -0.25) is 4.79 Å². The van der Waals surface area contributed by atoms with E-state index in [4.69, 9.17) is 9.47 Å². The van der Waals surface area contributed by atoms with Gasteiger partial charge < -0.3 is 25.4 Å². The van der Waals surface area contributed by atoms with Crippen molar-refractivity contribution in [1.29, 1.82) is 0 Å². The first kappa shape index (κ1) is 21.5. The molecule has 0 aliphatic carbocycles. The molecular formula is C23H29N3O4. The highest BCUT2D eigenvalue weighted by Gasteiger charge is 2.22. The lowest BCUT2D eigenvalue weighted by atomic mass is 10.1. The Hall–Kier alpha value is -3.22. The van der Waals surface area contributed by atoms with Gasteiger partial charge in [-0.2, -0.15) is 0 Å². The van der Waals surface area contributed by atoms with Gasteiger partial charge in [-0.05, 0) is 50.6 Å². The Morgan fingerprint density at radius 1 is 1.27 bits per heavy atom. The number of nitrogens with one attached hydrogen (secondary N) is 3. The third-order valence-electron chi connectivity index (χ3n) is 4.87. The first-order valence-electron chi connectivity index (χ1n) is 10.2. The lowest BCUT2D eigenvalue weighted by Crippen LogP contribution is -2.36. The van der Waals surface area contributed by atoms with E-state index in [9.17, 15) is 9.59 Å². The van der Waals surface area contributed by atoms with E-state index in [0.29, 0.717) is 18.8 Å². The third-order valence-corrected chi connectivity index (χ3v) is 4.87. The van der Waals surface area contributed by atoms with Crippen molar-refractivity contribution in [3.05, 3.63) is 53.1 Å². The van der Waals surface area contributed by atoms with Crippen molar-refractivity contribution >= 4 is 17.6 Å². The molecule has 0 bridgehead atoms. The molecule has 1 aliphatic heterocycles. The molecule has 0 unspecified atom stereocenters. The number of hydrogen-bond donors (Lipinski definition) is 3. The SMILES string of the molecule is CCOc1cc2c(cc1CNC(=O)N[C@H](C)c1cccc(NC(C)=O)c1)O[C@@H](C)C2. The molecule has 0 fully saturated rings. The summed E-state index contributed by atoms with van der Waals surface area (Å²) < 4.78 is 11.6. The summed E-state index contributed by atoms with van der Waals surface area (Å²) in [6.45, 7) is 8.20. The molecule has 0 spiro atoms. The van der Waals surface area contributed by atoms with Crippen LogP contribution in [0.15, 0.2) is 36.4 Å². The minimum Gasteiger partial charge on any atom is -0.494 e. The Balaban J connectivity index is 1.62. The molecule has 2 aromatic rings. The number of fused-ring (bicyclic) bond motifs is 1. The zero-order valence-corrected chi connectivity index (χ0v) is 17.9. The maximum Gasteiger partial charge on any atom is 0.315 e. The fourth-order valence-corrected chi connectivity index (χ4v) is 3.51. The zero-order chi connectivity index (χ0) is 21.7. The number of carbonyl (C=O) groups is 2. The Labute approximate surface area is 177 Å². The van der Waals surface area contributed by atoms with E-state index < -0.39 is 0 Å². The van der Waals surface area contributed by atoms with Crippen LogP contribution in [0.2, 0.25) is 0 Å². The van der Waals surface area contributed by atoms with Gasteiger partial charge in [0.25, 0.3) is 0 Å². The van der Waals surface area contributed by atoms with Crippen LogP contribution < -0.4 is 25.4 Å². The molecule has 3 N–H and O–H groups in total. The summed E-state index contributed by atoms with van der Waals surface area (Å²) in [5.41, 5.74) is 3.60. The van der Waals surface area contributed by atoms with E-state index in [1.54, 1.807) is 0 Å². The van der Waals surface area contributed by atoms with Crippen LogP contribution in [0.3, 0.4) is 0 Å². The van der Waals surface area contributed by atoms with Crippen LogP contribution in [-0.2, 0) is 17.8 Å². The van der Waals surface area contributed by atoms with Crippen LogP contribution in [-0.4, -0.2) is 24.6 Å². The standard InChI is InChI=1S/C23H29N3O4/c1-5-29-21-11-18-9-14(2)30-22(18)12-19(21)13-24-23(28)25-15(3)17-7-6-8-20(10-17)26-16(4)27/h6-8,10-12,14-15H,5,9,13H2,1-4H3,(H,26,27)(H2,24,25,28)/t14-,15+/m0/s1.